The molecule has 0 bridgehead atoms. The summed E-state index contributed by atoms with van der Waals surface area (Å²) in [5.41, 5.74) is 1.62. The molecular formula is C8H6N4. The quantitative estimate of drug-likeness (QED) is 0.619. The van der Waals surface area contributed by atoms with Crippen molar-refractivity contribution in [1.29, 1.82) is 0 Å². The molecule has 4 nitrogen and oxygen atoms in total. The van der Waals surface area contributed by atoms with Gasteiger partial charge in [-0.15, -0.1) is 0 Å². The van der Waals surface area contributed by atoms with E-state index in [1.165, 1.54) is 12.7 Å². The Balaban J connectivity index is 2.46. The third-order valence-electron chi connectivity index (χ3n) is 1.43. The Kier molecular flexibility index (Phi) is 1.74. The van der Waals surface area contributed by atoms with Crippen LogP contribution in [0.25, 0.3) is 11.4 Å². The van der Waals surface area contributed by atoms with E-state index in [0.717, 1.165) is 11.4 Å². The highest BCUT2D eigenvalue weighted by Gasteiger charge is 1.96. The van der Waals surface area contributed by atoms with Crippen molar-refractivity contribution in [2.24, 2.45) is 0 Å². The molecule has 0 aliphatic rings. The number of rotatable bonds is 1. The predicted molar refractivity (Wildman–Crippen MR) is 43.1 cm³/mol. The normalized spacial score (nSPS) is 9.67. The van der Waals surface area contributed by atoms with Crippen LogP contribution in [0.4, 0.5) is 0 Å². The molecule has 12 heavy (non-hydrogen) atoms. The Bertz CT molecular complexity index is 308. The van der Waals surface area contributed by atoms with Gasteiger partial charge in [-0.25, -0.2) is 19.9 Å². The van der Waals surface area contributed by atoms with Gasteiger partial charge in [-0.3, -0.25) is 0 Å². The van der Waals surface area contributed by atoms with Crippen LogP contribution < -0.4 is 0 Å². The van der Waals surface area contributed by atoms with Gasteiger partial charge in [-0.05, 0) is 12.1 Å². The van der Waals surface area contributed by atoms with Gasteiger partial charge in [0.1, 0.15) is 12.7 Å². The van der Waals surface area contributed by atoms with Crippen molar-refractivity contribution in [3.05, 3.63) is 37.2 Å². The van der Waals surface area contributed by atoms with Crippen molar-refractivity contribution in [1.82, 2.24) is 19.9 Å². The van der Waals surface area contributed by atoms with E-state index in [9.17, 15) is 0 Å². The molecule has 0 radical (unpaired) electrons. The van der Waals surface area contributed by atoms with E-state index in [4.69, 9.17) is 0 Å². The van der Waals surface area contributed by atoms with Gasteiger partial charge in [0.05, 0.1) is 11.4 Å². The van der Waals surface area contributed by atoms with Crippen LogP contribution in [0.15, 0.2) is 37.2 Å². The van der Waals surface area contributed by atoms with Gasteiger partial charge >= 0.3 is 0 Å². The molecule has 0 unspecified atom stereocenters. The van der Waals surface area contributed by atoms with Crippen LogP contribution in [0.1, 0.15) is 0 Å². The molecule has 0 fully saturated rings. The molecule has 58 valence electrons. The van der Waals surface area contributed by atoms with Crippen LogP contribution >= 0.6 is 0 Å². The maximum Gasteiger partial charge on any atom is 0.116 e. The van der Waals surface area contributed by atoms with Gasteiger partial charge in [-0.2, -0.15) is 0 Å². The topological polar surface area (TPSA) is 51.6 Å². The molecule has 4 heteroatoms. The first-order chi connectivity index (χ1) is 5.97. The molecule has 0 atom stereocenters. The summed E-state index contributed by atoms with van der Waals surface area (Å²) in [5, 5.41) is 0. The fraction of sp³-hybridized carbons (Fsp3) is 0. The summed E-state index contributed by atoms with van der Waals surface area (Å²) in [5.74, 6) is 0. The molecule has 0 aromatic carbocycles. The zero-order valence-corrected chi connectivity index (χ0v) is 6.25. The molecule has 0 spiro atoms. The Morgan fingerprint density at radius 3 is 1.58 bits per heavy atom. The van der Waals surface area contributed by atoms with E-state index in [1.54, 1.807) is 12.4 Å². The average molecular weight is 158 g/mol. The first-order valence-electron chi connectivity index (χ1n) is 3.49. The average Bonchev–Trinajstić information content (AvgIpc) is 2.21. The summed E-state index contributed by atoms with van der Waals surface area (Å²) >= 11 is 0. The van der Waals surface area contributed by atoms with E-state index in [0.29, 0.717) is 0 Å². The van der Waals surface area contributed by atoms with E-state index in [1.807, 2.05) is 12.1 Å². The lowest BCUT2D eigenvalue weighted by Gasteiger charge is -1.95. The van der Waals surface area contributed by atoms with Crippen molar-refractivity contribution < 1.29 is 0 Å². The fourth-order valence-corrected chi connectivity index (χ4v) is 0.884. The molecule has 0 saturated heterocycles. The highest BCUT2D eigenvalue weighted by Crippen LogP contribution is 2.09. The molecule has 0 aliphatic heterocycles. The number of aromatic nitrogens is 4. The SMILES string of the molecule is c1cc(-c2ccncn2)ncn1. The van der Waals surface area contributed by atoms with Crippen LogP contribution in [0.3, 0.4) is 0 Å². The first kappa shape index (κ1) is 6.84. The lowest BCUT2D eigenvalue weighted by Crippen LogP contribution is -1.87. The van der Waals surface area contributed by atoms with Gasteiger partial charge in [0.25, 0.3) is 0 Å². The lowest BCUT2D eigenvalue weighted by molar-refractivity contribution is 1.12. The number of nitrogens with zero attached hydrogens (tertiary/aromatic N) is 4. The van der Waals surface area contributed by atoms with Gasteiger partial charge in [0.2, 0.25) is 0 Å². The third-order valence-corrected chi connectivity index (χ3v) is 1.43. The van der Waals surface area contributed by atoms with Crippen LogP contribution in [0, 0.1) is 0 Å². The van der Waals surface area contributed by atoms with E-state index >= 15 is 0 Å². The van der Waals surface area contributed by atoms with Crippen LogP contribution in [-0.4, -0.2) is 19.9 Å². The zero-order valence-electron chi connectivity index (χ0n) is 6.25. The van der Waals surface area contributed by atoms with E-state index < -0.39 is 0 Å². The Morgan fingerprint density at radius 2 is 1.25 bits per heavy atom. The largest absolute Gasteiger partial charge is 0.245 e. The van der Waals surface area contributed by atoms with Crippen molar-refractivity contribution >= 4 is 0 Å². The third kappa shape index (κ3) is 1.27. The highest BCUT2D eigenvalue weighted by molar-refractivity contribution is 5.51. The lowest BCUT2D eigenvalue weighted by atomic mass is 10.3. The molecule has 2 heterocycles. The predicted octanol–water partition coefficient (Wildman–Crippen LogP) is 0.934. The minimum absolute atomic E-state index is 0.812. The summed E-state index contributed by atoms with van der Waals surface area (Å²) < 4.78 is 0. The maximum absolute atomic E-state index is 4.05. The molecule has 2 aromatic rings. The Hall–Kier alpha value is -1.84. The van der Waals surface area contributed by atoms with Crippen LogP contribution in [0.5, 0.6) is 0 Å². The maximum atomic E-state index is 4.05. The second-order valence-corrected chi connectivity index (χ2v) is 2.19. The summed E-state index contributed by atoms with van der Waals surface area (Å²) in [6.45, 7) is 0. The number of hydrogen-bond donors (Lipinski definition) is 0. The molecular weight excluding hydrogens is 152 g/mol. The summed E-state index contributed by atoms with van der Waals surface area (Å²) in [7, 11) is 0. The minimum atomic E-state index is 0.812. The van der Waals surface area contributed by atoms with Gasteiger partial charge in [-0.1, -0.05) is 0 Å². The van der Waals surface area contributed by atoms with Gasteiger partial charge in [0.15, 0.2) is 0 Å². The molecule has 2 aromatic heterocycles. The van der Waals surface area contributed by atoms with Crippen molar-refractivity contribution in [3.8, 4) is 11.4 Å². The monoisotopic (exact) mass is 158 g/mol. The van der Waals surface area contributed by atoms with E-state index in [2.05, 4.69) is 19.9 Å². The van der Waals surface area contributed by atoms with Crippen molar-refractivity contribution in [3.63, 3.8) is 0 Å². The molecule has 0 aliphatic carbocycles. The smallest absolute Gasteiger partial charge is 0.116 e. The molecule has 0 N–H and O–H groups in total. The Labute approximate surface area is 69.4 Å². The fourth-order valence-electron chi connectivity index (χ4n) is 0.884. The highest BCUT2D eigenvalue weighted by atomic mass is 14.9. The summed E-state index contributed by atoms with van der Waals surface area (Å²) in [6.07, 6.45) is 6.36. The second kappa shape index (κ2) is 3.04. The molecule has 0 amide bonds. The van der Waals surface area contributed by atoms with Crippen LogP contribution in [0.2, 0.25) is 0 Å². The standard InChI is InChI=1S/C8H6N4/c1-3-9-5-11-7(1)8-2-4-10-6-12-8/h1-6H. The second-order valence-electron chi connectivity index (χ2n) is 2.19. The van der Waals surface area contributed by atoms with Crippen molar-refractivity contribution in [2.45, 2.75) is 0 Å². The minimum Gasteiger partial charge on any atom is -0.245 e. The first-order valence-corrected chi connectivity index (χ1v) is 3.49. The van der Waals surface area contributed by atoms with Crippen LogP contribution in [-0.2, 0) is 0 Å². The molecule has 2 rings (SSSR count). The van der Waals surface area contributed by atoms with E-state index in [-0.39, 0.29) is 0 Å². The van der Waals surface area contributed by atoms with Gasteiger partial charge < -0.3 is 0 Å². The number of hydrogen-bond acceptors (Lipinski definition) is 4. The van der Waals surface area contributed by atoms with Gasteiger partial charge in [0, 0.05) is 12.4 Å². The summed E-state index contributed by atoms with van der Waals surface area (Å²) in [6, 6.07) is 3.62. The zero-order chi connectivity index (χ0) is 8.23. The Morgan fingerprint density at radius 1 is 0.750 bits per heavy atom. The molecule has 0 saturated carbocycles. The van der Waals surface area contributed by atoms with Crippen molar-refractivity contribution in [2.75, 3.05) is 0 Å². The summed E-state index contributed by atoms with van der Waals surface area (Å²) in [4.78, 5) is 15.7.